The summed E-state index contributed by atoms with van der Waals surface area (Å²) < 4.78 is 0. The first kappa shape index (κ1) is 61.1. The number of carbonyl (C=O) groups excluding carboxylic acids is 3. The molecule has 63 heavy (non-hydrogen) atoms. The fourth-order valence-corrected chi connectivity index (χ4v) is 8.66. The molecule has 0 heterocycles. The van der Waals surface area contributed by atoms with Gasteiger partial charge in [0.25, 0.3) is 0 Å². The van der Waals surface area contributed by atoms with Crippen molar-refractivity contribution < 1.29 is 29.7 Å². The highest BCUT2D eigenvalue weighted by Crippen LogP contribution is 2.32. The van der Waals surface area contributed by atoms with Gasteiger partial charge >= 0.3 is 0 Å². The fourth-order valence-electron chi connectivity index (χ4n) is 8.66. The Morgan fingerprint density at radius 1 is 0.317 bits per heavy atom. The van der Waals surface area contributed by atoms with E-state index >= 15 is 0 Å². The van der Waals surface area contributed by atoms with Gasteiger partial charge in [0.2, 0.25) is 5.60 Å². The summed E-state index contributed by atoms with van der Waals surface area (Å²) in [4.78, 5) is 41.2. The van der Waals surface area contributed by atoms with E-state index in [0.29, 0.717) is 19.3 Å². The third-order valence-corrected chi connectivity index (χ3v) is 13.1. The second-order valence-corrected chi connectivity index (χ2v) is 19.0. The minimum atomic E-state index is -2.94. The highest BCUT2D eigenvalue weighted by molar-refractivity contribution is 6.16. The molecule has 0 aliphatic rings. The average molecular weight is 885 g/mol. The third kappa shape index (κ3) is 32.4. The van der Waals surface area contributed by atoms with Gasteiger partial charge in [-0.3, -0.25) is 14.4 Å². The normalized spacial score (nSPS) is 13.2. The van der Waals surface area contributed by atoms with E-state index < -0.39 is 35.2 Å². The number of hydrogen-bond donors (Lipinski definition) is 3. The van der Waals surface area contributed by atoms with Crippen molar-refractivity contribution in [2.45, 2.75) is 302 Å². The highest BCUT2D eigenvalue weighted by atomic mass is 16.4. The van der Waals surface area contributed by atoms with Gasteiger partial charge in [-0.2, -0.15) is 0 Å². The van der Waals surface area contributed by atoms with Crippen molar-refractivity contribution in [3.63, 3.8) is 0 Å². The van der Waals surface area contributed by atoms with Gasteiger partial charge in [0, 0.05) is 19.3 Å². The molecule has 368 valence electrons. The summed E-state index contributed by atoms with van der Waals surface area (Å²) in [6, 6.07) is 0. The number of hydrogen-bond acceptors (Lipinski definition) is 6. The number of aliphatic hydroxyl groups excluding tert-OH is 1. The minimum absolute atomic E-state index is 0.0983. The molecule has 0 unspecified atom stereocenters. The summed E-state index contributed by atoms with van der Waals surface area (Å²) in [6.07, 6.45) is 56.4. The zero-order chi connectivity index (χ0) is 46.4. The Morgan fingerprint density at radius 3 is 0.762 bits per heavy atom. The molecule has 3 N–H and O–H groups in total. The first-order valence-electron chi connectivity index (χ1n) is 27.4. The Labute approximate surface area is 390 Å². The molecule has 0 aromatic carbocycles. The van der Waals surface area contributed by atoms with Gasteiger partial charge in [0.15, 0.2) is 23.0 Å². The largest absolute Gasteiger partial charge is 0.393 e. The predicted molar refractivity (Wildman–Crippen MR) is 270 cm³/mol. The summed E-state index contributed by atoms with van der Waals surface area (Å²) >= 11 is 0. The maximum absolute atomic E-state index is 13.8. The molecule has 0 aliphatic heterocycles. The van der Waals surface area contributed by atoms with Crippen LogP contribution in [-0.4, -0.2) is 50.5 Å². The maximum atomic E-state index is 13.8. The van der Waals surface area contributed by atoms with Crippen molar-refractivity contribution in [3.05, 3.63) is 36.5 Å². The van der Waals surface area contributed by atoms with E-state index in [2.05, 4.69) is 57.2 Å². The van der Waals surface area contributed by atoms with Crippen LogP contribution in [0.15, 0.2) is 36.5 Å². The first-order chi connectivity index (χ1) is 30.8. The maximum Gasteiger partial charge on any atom is 0.219 e. The minimum Gasteiger partial charge on any atom is -0.393 e. The van der Waals surface area contributed by atoms with Crippen molar-refractivity contribution in [1.82, 2.24) is 0 Å². The van der Waals surface area contributed by atoms with E-state index in [1.165, 1.54) is 116 Å². The lowest BCUT2D eigenvalue weighted by atomic mass is 9.71. The zero-order valence-corrected chi connectivity index (χ0v) is 41.9. The van der Waals surface area contributed by atoms with Gasteiger partial charge in [-0.25, -0.2) is 0 Å². The Balaban J connectivity index is 4.98. The predicted octanol–water partition coefficient (Wildman–Crippen LogP) is 16.3. The molecule has 0 spiro atoms. The molecule has 0 saturated carbocycles. The van der Waals surface area contributed by atoms with E-state index in [1.807, 2.05) is 0 Å². The van der Waals surface area contributed by atoms with Gasteiger partial charge in [0.05, 0.1) is 6.61 Å². The van der Waals surface area contributed by atoms with Crippen LogP contribution in [0, 0.1) is 0 Å². The molecule has 0 rings (SSSR count). The Morgan fingerprint density at radius 2 is 0.524 bits per heavy atom. The number of aliphatic hydroxyl groups is 3. The molecule has 0 aliphatic carbocycles. The molecule has 1 atom stereocenters. The Kier molecular flexibility index (Phi) is 43.9. The van der Waals surface area contributed by atoms with Gasteiger partial charge in [-0.15, -0.1) is 0 Å². The molecule has 0 radical (unpaired) electrons. The molecule has 0 aromatic rings. The van der Waals surface area contributed by atoms with E-state index in [1.54, 1.807) is 0 Å². The number of allylic oxidation sites excluding steroid dienone is 6. The van der Waals surface area contributed by atoms with Gasteiger partial charge in [-0.05, 0) is 96.3 Å². The van der Waals surface area contributed by atoms with E-state index in [9.17, 15) is 29.7 Å². The summed E-state index contributed by atoms with van der Waals surface area (Å²) in [5, 5.41) is 34.1. The number of ketones is 3. The molecule has 0 aromatic heterocycles. The van der Waals surface area contributed by atoms with Crippen LogP contribution in [0.3, 0.4) is 0 Å². The van der Waals surface area contributed by atoms with Crippen LogP contribution < -0.4 is 0 Å². The summed E-state index contributed by atoms with van der Waals surface area (Å²) in [7, 11) is 0. The smallest absolute Gasteiger partial charge is 0.219 e. The van der Waals surface area contributed by atoms with Crippen molar-refractivity contribution in [3.8, 4) is 0 Å². The Bertz CT molecular complexity index is 1090. The number of unbranched alkanes of at least 4 members (excludes halogenated alkanes) is 33. The van der Waals surface area contributed by atoms with Gasteiger partial charge in [0.1, 0.15) is 0 Å². The molecular formula is C57H104O6. The third-order valence-electron chi connectivity index (χ3n) is 13.1. The molecule has 0 fully saturated rings. The van der Waals surface area contributed by atoms with Crippen molar-refractivity contribution in [1.29, 1.82) is 0 Å². The van der Waals surface area contributed by atoms with Crippen molar-refractivity contribution >= 4 is 17.3 Å². The van der Waals surface area contributed by atoms with Crippen LogP contribution in [-0.2, 0) is 14.4 Å². The monoisotopic (exact) mass is 885 g/mol. The van der Waals surface area contributed by atoms with Crippen LogP contribution >= 0.6 is 0 Å². The van der Waals surface area contributed by atoms with Crippen LogP contribution in [0.4, 0.5) is 0 Å². The van der Waals surface area contributed by atoms with Crippen LogP contribution in [0.5, 0.6) is 0 Å². The van der Waals surface area contributed by atoms with E-state index in [-0.39, 0.29) is 19.3 Å². The molecule has 6 heteroatoms. The standard InChI is InChI=1S/C57H104O6/c1-4-7-10-13-16-19-22-25-28-31-34-37-40-43-46-49-53(59)56(62,52-58)57(63,54(60)50-47-44-41-38-35-32-29-26-23-20-17-14-11-8-5-2)55(61)51-48-45-42-39-36-33-30-27-24-21-18-15-12-9-6-3/h25-30,58,62-63H,4-24,31-52H2,1-3H3/b28-25-,29-26-,30-27-/t56-/m1/s1. The SMILES string of the molecule is CCCCCCCC/C=C\CCCCCCCC(=O)C(O)(C(=O)CCCCCCC/C=C\CCCCCCCC)[C@@](O)(CO)C(=O)CCCCCCC/C=C\CCCCCCCC. The zero-order valence-electron chi connectivity index (χ0n) is 41.9. The number of carbonyl (C=O) groups is 3. The lowest BCUT2D eigenvalue weighted by Crippen LogP contribution is -2.69. The lowest BCUT2D eigenvalue weighted by molar-refractivity contribution is -0.194. The second kappa shape index (κ2) is 45.3. The summed E-state index contributed by atoms with van der Waals surface area (Å²) in [5.41, 5.74) is -5.78. The van der Waals surface area contributed by atoms with Gasteiger partial charge in [-0.1, -0.05) is 211 Å². The summed E-state index contributed by atoms with van der Waals surface area (Å²) in [6.45, 7) is 5.57. The van der Waals surface area contributed by atoms with Gasteiger partial charge < -0.3 is 15.3 Å². The second-order valence-electron chi connectivity index (χ2n) is 19.0. The van der Waals surface area contributed by atoms with Crippen LogP contribution in [0.2, 0.25) is 0 Å². The fraction of sp³-hybridized carbons (Fsp3) is 0.842. The van der Waals surface area contributed by atoms with E-state index in [0.717, 1.165) is 116 Å². The van der Waals surface area contributed by atoms with E-state index in [4.69, 9.17) is 0 Å². The van der Waals surface area contributed by atoms with Crippen LogP contribution in [0.25, 0.3) is 0 Å². The quantitative estimate of drug-likeness (QED) is 0.0319. The molecule has 6 nitrogen and oxygen atoms in total. The highest BCUT2D eigenvalue weighted by Gasteiger charge is 2.62. The molecular weight excluding hydrogens is 781 g/mol. The first-order valence-corrected chi connectivity index (χ1v) is 27.4. The average Bonchev–Trinajstić information content (AvgIpc) is 3.29. The number of rotatable bonds is 50. The topological polar surface area (TPSA) is 112 Å². The Hall–Kier alpha value is -1.89. The van der Waals surface area contributed by atoms with Crippen molar-refractivity contribution in [2.75, 3.05) is 6.61 Å². The van der Waals surface area contributed by atoms with Crippen molar-refractivity contribution in [2.24, 2.45) is 0 Å². The number of Topliss-reactive ketones (excluding diaryl/α,β-unsaturated/α-hetero) is 3. The molecule has 0 bridgehead atoms. The molecule has 0 amide bonds. The summed E-state index contributed by atoms with van der Waals surface area (Å²) in [5.74, 6) is -2.50. The molecule has 0 saturated heterocycles. The lowest BCUT2D eigenvalue weighted by Gasteiger charge is -2.39. The van der Waals surface area contributed by atoms with Crippen LogP contribution in [0.1, 0.15) is 290 Å².